The maximum absolute atomic E-state index is 10.3. The molecule has 1 atom stereocenters. The summed E-state index contributed by atoms with van der Waals surface area (Å²) < 4.78 is 0. The monoisotopic (exact) mass is 225 g/mol. The summed E-state index contributed by atoms with van der Waals surface area (Å²) in [6.07, 6.45) is 0.470. The van der Waals surface area contributed by atoms with Crippen LogP contribution in [0.5, 0.6) is 0 Å². The second-order valence-electron chi connectivity index (χ2n) is 2.19. The molecule has 3 N–H and O–H groups in total. The third kappa shape index (κ3) is 7.48. The summed E-state index contributed by atoms with van der Waals surface area (Å²) in [5.41, 5.74) is 5.11. The quantitative estimate of drug-likeness (QED) is 0.724. The first-order valence-electron chi connectivity index (χ1n) is 3.02. The smallest absolute Gasteiger partial charge is 0.320 e. The fourth-order valence-electron chi connectivity index (χ4n) is 0.482. The molecule has 5 heteroatoms. The summed E-state index contributed by atoms with van der Waals surface area (Å²) in [6.45, 7) is 1.41. The summed E-state index contributed by atoms with van der Waals surface area (Å²) in [7, 11) is 0. The van der Waals surface area contributed by atoms with Crippen LogP contribution in [-0.2, 0) is 9.59 Å². The van der Waals surface area contributed by atoms with E-state index in [-0.39, 0.29) is 35.6 Å². The average molecular weight is 226 g/mol. The van der Waals surface area contributed by atoms with E-state index in [9.17, 15) is 9.59 Å². The minimum atomic E-state index is -1.05. The Labute approximate surface area is 75.5 Å². The van der Waals surface area contributed by atoms with Crippen LogP contribution in [-0.4, -0.2) is 22.9 Å². The number of carbonyl (C=O) groups excluding carboxylic acids is 1. The molecule has 0 aromatic carbocycles. The number of rotatable bonds is 4. The van der Waals surface area contributed by atoms with Crippen molar-refractivity contribution < 1.29 is 14.7 Å². The van der Waals surface area contributed by atoms with Crippen LogP contribution in [0.1, 0.15) is 19.8 Å². The summed E-state index contributed by atoms with van der Waals surface area (Å²) in [5.74, 6) is -1.09. The molecule has 0 saturated carbocycles. The number of carbonyl (C=O) groups is 2. The standard InChI is InChI=1S/C6H11NO3.BrH/c1-4(8)2-3-5(7)6(9)10;/h5H,2-3,7H2,1H3,(H,9,10);1H/t5-;/m1./s1. The second kappa shape index (κ2) is 6.30. The Balaban J connectivity index is 0. The number of nitrogens with two attached hydrogens (primary N) is 1. The van der Waals surface area contributed by atoms with Crippen molar-refractivity contribution >= 4 is 28.7 Å². The molecule has 0 heterocycles. The van der Waals surface area contributed by atoms with Crippen LogP contribution in [0.3, 0.4) is 0 Å². The fourth-order valence-corrected chi connectivity index (χ4v) is 0.482. The Morgan fingerprint density at radius 2 is 2.00 bits per heavy atom. The van der Waals surface area contributed by atoms with Crippen LogP contribution in [0.4, 0.5) is 0 Å². The van der Waals surface area contributed by atoms with Crippen LogP contribution < -0.4 is 5.73 Å². The van der Waals surface area contributed by atoms with Crippen molar-refractivity contribution in [3.8, 4) is 0 Å². The van der Waals surface area contributed by atoms with E-state index < -0.39 is 12.0 Å². The van der Waals surface area contributed by atoms with Crippen LogP contribution in [0.15, 0.2) is 0 Å². The van der Waals surface area contributed by atoms with Gasteiger partial charge in [-0.2, -0.15) is 0 Å². The van der Waals surface area contributed by atoms with Crippen molar-refractivity contribution in [2.75, 3.05) is 0 Å². The molecule has 0 fully saturated rings. The summed E-state index contributed by atoms with van der Waals surface area (Å²) in [4.78, 5) is 20.4. The largest absolute Gasteiger partial charge is 0.480 e. The first kappa shape index (κ1) is 13.2. The Morgan fingerprint density at radius 3 is 2.27 bits per heavy atom. The van der Waals surface area contributed by atoms with Gasteiger partial charge in [-0.3, -0.25) is 4.79 Å². The van der Waals surface area contributed by atoms with Crippen molar-refractivity contribution in [1.82, 2.24) is 0 Å². The molecule has 0 aliphatic rings. The van der Waals surface area contributed by atoms with Crippen LogP contribution in [0, 0.1) is 0 Å². The van der Waals surface area contributed by atoms with Crippen molar-refractivity contribution in [1.29, 1.82) is 0 Å². The third-order valence-electron chi connectivity index (χ3n) is 1.12. The molecule has 0 aliphatic heterocycles. The maximum atomic E-state index is 10.3. The number of halogens is 1. The highest BCUT2D eigenvalue weighted by molar-refractivity contribution is 8.93. The molecule has 0 aromatic heterocycles. The lowest BCUT2D eigenvalue weighted by Crippen LogP contribution is -2.30. The highest BCUT2D eigenvalue weighted by atomic mass is 79.9. The van der Waals surface area contributed by atoms with E-state index in [1.165, 1.54) is 6.92 Å². The Kier molecular flexibility index (Phi) is 7.55. The van der Waals surface area contributed by atoms with Gasteiger partial charge < -0.3 is 15.6 Å². The van der Waals surface area contributed by atoms with Crippen molar-refractivity contribution in [3.63, 3.8) is 0 Å². The number of aliphatic carboxylic acids is 1. The van der Waals surface area contributed by atoms with Gasteiger partial charge >= 0.3 is 5.97 Å². The lowest BCUT2D eigenvalue weighted by molar-refractivity contribution is -0.138. The van der Waals surface area contributed by atoms with Gasteiger partial charge in [-0.15, -0.1) is 17.0 Å². The zero-order valence-electron chi connectivity index (χ0n) is 6.24. The van der Waals surface area contributed by atoms with Crippen molar-refractivity contribution in [3.05, 3.63) is 0 Å². The molecule has 0 amide bonds. The molecule has 0 saturated heterocycles. The van der Waals surface area contributed by atoms with Gasteiger partial charge in [0.15, 0.2) is 0 Å². The molecular formula is C6H12BrNO3. The number of Topliss-reactive ketones (excluding diaryl/α,β-unsaturated/α-hetero) is 1. The third-order valence-corrected chi connectivity index (χ3v) is 1.12. The van der Waals surface area contributed by atoms with Crippen LogP contribution in [0.25, 0.3) is 0 Å². The van der Waals surface area contributed by atoms with Crippen molar-refractivity contribution in [2.45, 2.75) is 25.8 Å². The highest BCUT2D eigenvalue weighted by Crippen LogP contribution is 1.94. The molecule has 0 aromatic rings. The molecule has 0 bridgehead atoms. The van der Waals surface area contributed by atoms with Gasteiger partial charge in [0.2, 0.25) is 0 Å². The van der Waals surface area contributed by atoms with Crippen LogP contribution in [0.2, 0.25) is 0 Å². The Hall–Kier alpha value is -0.420. The maximum Gasteiger partial charge on any atom is 0.320 e. The first-order chi connectivity index (χ1) is 4.54. The minimum absolute atomic E-state index is 0. The molecule has 0 aliphatic carbocycles. The molecule has 0 radical (unpaired) electrons. The van der Waals surface area contributed by atoms with Gasteiger partial charge in [0, 0.05) is 6.42 Å². The molecular weight excluding hydrogens is 214 g/mol. The molecule has 66 valence electrons. The topological polar surface area (TPSA) is 80.4 Å². The van der Waals surface area contributed by atoms with E-state index >= 15 is 0 Å². The zero-order valence-corrected chi connectivity index (χ0v) is 7.95. The highest BCUT2D eigenvalue weighted by Gasteiger charge is 2.10. The van der Waals surface area contributed by atoms with E-state index in [0.717, 1.165) is 0 Å². The van der Waals surface area contributed by atoms with Gasteiger partial charge in [-0.05, 0) is 13.3 Å². The lowest BCUT2D eigenvalue weighted by atomic mass is 10.1. The molecule has 0 spiro atoms. The molecule has 0 unspecified atom stereocenters. The normalized spacial score (nSPS) is 11.5. The predicted octanol–water partition coefficient (Wildman–Crippen LogP) is 0.345. The average Bonchev–Trinajstić information content (AvgIpc) is 1.82. The number of carboxylic acid groups (broad SMARTS) is 1. The number of ketones is 1. The van der Waals surface area contributed by atoms with Gasteiger partial charge in [0.1, 0.15) is 11.8 Å². The van der Waals surface area contributed by atoms with E-state index in [0.29, 0.717) is 0 Å². The molecule has 0 rings (SSSR count). The summed E-state index contributed by atoms with van der Waals surface area (Å²) >= 11 is 0. The van der Waals surface area contributed by atoms with E-state index in [4.69, 9.17) is 10.8 Å². The Morgan fingerprint density at radius 1 is 1.55 bits per heavy atom. The minimum Gasteiger partial charge on any atom is -0.480 e. The lowest BCUT2D eigenvalue weighted by Gasteiger charge is -2.02. The Bertz CT molecular complexity index is 149. The number of carboxylic acids is 1. The molecule has 4 nitrogen and oxygen atoms in total. The zero-order chi connectivity index (χ0) is 8.15. The van der Waals surface area contributed by atoms with Gasteiger partial charge in [-0.25, -0.2) is 0 Å². The summed E-state index contributed by atoms with van der Waals surface area (Å²) in [5, 5.41) is 8.26. The van der Waals surface area contributed by atoms with E-state index in [2.05, 4.69) is 0 Å². The van der Waals surface area contributed by atoms with Crippen LogP contribution >= 0.6 is 17.0 Å². The van der Waals surface area contributed by atoms with Gasteiger partial charge in [-0.1, -0.05) is 0 Å². The fraction of sp³-hybridized carbons (Fsp3) is 0.667. The number of hydrogen-bond donors (Lipinski definition) is 2. The predicted molar refractivity (Wildman–Crippen MR) is 45.8 cm³/mol. The van der Waals surface area contributed by atoms with E-state index in [1.807, 2.05) is 0 Å². The second-order valence-corrected chi connectivity index (χ2v) is 2.19. The van der Waals surface area contributed by atoms with Gasteiger partial charge in [0.25, 0.3) is 0 Å². The van der Waals surface area contributed by atoms with Crippen molar-refractivity contribution in [2.24, 2.45) is 5.73 Å². The number of hydrogen-bond acceptors (Lipinski definition) is 3. The SMILES string of the molecule is Br.CC(=O)CC[C@@H](N)C(=O)O. The van der Waals surface area contributed by atoms with E-state index in [1.54, 1.807) is 0 Å². The van der Waals surface area contributed by atoms with Gasteiger partial charge in [0.05, 0.1) is 0 Å². The summed E-state index contributed by atoms with van der Waals surface area (Å²) in [6, 6.07) is -0.899. The molecule has 11 heavy (non-hydrogen) atoms. The first-order valence-corrected chi connectivity index (χ1v) is 3.02.